The first-order chi connectivity index (χ1) is 10.5. The lowest BCUT2D eigenvalue weighted by molar-refractivity contribution is -0.132. The summed E-state index contributed by atoms with van der Waals surface area (Å²) in [5.41, 5.74) is 2.27. The summed E-state index contributed by atoms with van der Waals surface area (Å²) in [6.07, 6.45) is 1.74. The Bertz CT molecular complexity index is 672. The molecule has 3 nitrogen and oxygen atoms in total. The van der Waals surface area contributed by atoms with E-state index in [0.717, 1.165) is 16.9 Å². The van der Waals surface area contributed by atoms with Crippen LogP contribution in [0.25, 0.3) is 0 Å². The van der Waals surface area contributed by atoms with Crippen molar-refractivity contribution in [1.29, 1.82) is 0 Å². The molecule has 1 atom stereocenters. The lowest BCUT2D eigenvalue weighted by Gasteiger charge is -2.15. The van der Waals surface area contributed by atoms with E-state index in [1.54, 1.807) is 32.2 Å². The Morgan fingerprint density at radius 3 is 2.05 bits per heavy atom. The summed E-state index contributed by atoms with van der Waals surface area (Å²) in [5, 5.41) is 9.79. The molecule has 0 spiro atoms. The normalized spacial score (nSPS) is 12.8. The van der Waals surface area contributed by atoms with Crippen molar-refractivity contribution in [1.82, 2.24) is 0 Å². The Balaban J connectivity index is 2.46. The highest BCUT2D eigenvalue weighted by molar-refractivity contribution is 6.30. The third-order valence-electron chi connectivity index (χ3n) is 3.46. The maximum Gasteiger partial charge on any atom is 0.330 e. The van der Waals surface area contributed by atoms with Crippen LogP contribution in [0.3, 0.4) is 0 Å². The van der Waals surface area contributed by atoms with Crippen molar-refractivity contribution in [3.05, 3.63) is 76.3 Å². The number of rotatable bonds is 5. The van der Waals surface area contributed by atoms with Crippen LogP contribution in [0, 0.1) is 0 Å². The van der Waals surface area contributed by atoms with Crippen LogP contribution in [-0.2, 0) is 4.79 Å². The highest BCUT2D eigenvalue weighted by Crippen LogP contribution is 2.29. The average molecular weight is 317 g/mol. The van der Waals surface area contributed by atoms with Gasteiger partial charge in [-0.25, -0.2) is 4.79 Å². The number of carboxylic acid groups (broad SMARTS) is 1. The number of methoxy groups -OCH3 is 1. The molecule has 0 bridgehead atoms. The topological polar surface area (TPSA) is 46.5 Å². The molecule has 1 N–H and O–H groups in total. The van der Waals surface area contributed by atoms with Crippen molar-refractivity contribution < 1.29 is 14.6 Å². The van der Waals surface area contributed by atoms with E-state index in [2.05, 4.69) is 0 Å². The first-order valence-corrected chi connectivity index (χ1v) is 7.20. The largest absolute Gasteiger partial charge is 0.497 e. The van der Waals surface area contributed by atoms with Crippen LogP contribution in [0.5, 0.6) is 5.75 Å². The zero-order chi connectivity index (χ0) is 16.1. The van der Waals surface area contributed by atoms with Gasteiger partial charge >= 0.3 is 5.97 Å². The molecule has 0 heterocycles. The van der Waals surface area contributed by atoms with Crippen LogP contribution in [0.2, 0.25) is 5.02 Å². The second-order valence-electron chi connectivity index (χ2n) is 4.96. The van der Waals surface area contributed by atoms with Gasteiger partial charge in [-0.3, -0.25) is 0 Å². The van der Waals surface area contributed by atoms with Crippen LogP contribution in [0.15, 0.2) is 60.2 Å². The molecule has 0 aliphatic rings. The summed E-state index contributed by atoms with van der Waals surface area (Å²) in [7, 11) is 1.61. The number of aliphatic carboxylic acids is 1. The van der Waals surface area contributed by atoms with Crippen molar-refractivity contribution in [3.63, 3.8) is 0 Å². The first-order valence-electron chi connectivity index (χ1n) is 6.82. The van der Waals surface area contributed by atoms with E-state index in [-0.39, 0.29) is 5.92 Å². The Morgan fingerprint density at radius 1 is 1.09 bits per heavy atom. The summed E-state index contributed by atoms with van der Waals surface area (Å²) in [6, 6.07) is 15.0. The highest BCUT2D eigenvalue weighted by Gasteiger charge is 2.14. The summed E-state index contributed by atoms with van der Waals surface area (Å²) < 4.78 is 5.16. The fraction of sp³-hybridized carbons (Fsp3) is 0.167. The van der Waals surface area contributed by atoms with Crippen LogP contribution >= 0.6 is 11.6 Å². The van der Waals surface area contributed by atoms with Crippen LogP contribution in [-0.4, -0.2) is 18.2 Å². The lowest BCUT2D eigenvalue weighted by atomic mass is 9.89. The third-order valence-corrected chi connectivity index (χ3v) is 3.71. The summed E-state index contributed by atoms with van der Waals surface area (Å²) >= 11 is 5.93. The molecule has 0 aromatic heterocycles. The van der Waals surface area contributed by atoms with Crippen molar-refractivity contribution in [2.45, 2.75) is 12.8 Å². The zero-order valence-corrected chi connectivity index (χ0v) is 13.2. The molecular weight excluding hydrogens is 300 g/mol. The maximum atomic E-state index is 11.1. The van der Waals surface area contributed by atoms with Gasteiger partial charge < -0.3 is 9.84 Å². The molecule has 1 unspecified atom stereocenters. The minimum atomic E-state index is -0.924. The Hall–Kier alpha value is -2.26. The van der Waals surface area contributed by atoms with Gasteiger partial charge in [-0.05, 0) is 42.3 Å². The molecule has 0 aliphatic carbocycles. The summed E-state index contributed by atoms with van der Waals surface area (Å²) in [5.74, 6) is -0.315. The minimum absolute atomic E-state index is 0.153. The number of hydrogen-bond donors (Lipinski definition) is 1. The van der Waals surface area contributed by atoms with Gasteiger partial charge in [0, 0.05) is 16.5 Å². The number of carboxylic acids is 1. The average Bonchev–Trinajstić information content (AvgIpc) is 2.53. The second kappa shape index (κ2) is 7.14. The number of benzene rings is 2. The molecule has 0 saturated carbocycles. The van der Waals surface area contributed by atoms with Gasteiger partial charge in [-0.2, -0.15) is 0 Å². The number of allylic oxidation sites excluding steroid dienone is 1. The molecule has 2 aromatic carbocycles. The van der Waals surface area contributed by atoms with E-state index in [1.807, 2.05) is 36.4 Å². The molecule has 0 aliphatic heterocycles. The molecular formula is C18H17ClO3. The van der Waals surface area contributed by atoms with Gasteiger partial charge in [0.15, 0.2) is 0 Å². The SMILES string of the molecule is COc1ccc(C(C=C(C)C(=O)O)c2ccc(Cl)cc2)cc1. The lowest BCUT2D eigenvalue weighted by Crippen LogP contribution is -2.03. The predicted molar refractivity (Wildman–Crippen MR) is 87.7 cm³/mol. The van der Waals surface area contributed by atoms with Gasteiger partial charge in [-0.15, -0.1) is 0 Å². The number of halogens is 1. The van der Waals surface area contributed by atoms with Gasteiger partial charge in [0.05, 0.1) is 7.11 Å². The Labute approximate surface area is 134 Å². The van der Waals surface area contributed by atoms with E-state index in [9.17, 15) is 4.79 Å². The second-order valence-corrected chi connectivity index (χ2v) is 5.39. The van der Waals surface area contributed by atoms with E-state index in [1.165, 1.54) is 0 Å². The van der Waals surface area contributed by atoms with Crippen molar-refractivity contribution >= 4 is 17.6 Å². The monoisotopic (exact) mass is 316 g/mol. The number of ether oxygens (including phenoxy) is 1. The Morgan fingerprint density at radius 2 is 1.59 bits per heavy atom. The highest BCUT2D eigenvalue weighted by atomic mass is 35.5. The third kappa shape index (κ3) is 3.89. The zero-order valence-electron chi connectivity index (χ0n) is 12.4. The molecule has 22 heavy (non-hydrogen) atoms. The molecule has 114 valence electrons. The summed E-state index contributed by atoms with van der Waals surface area (Å²) in [6.45, 7) is 1.59. The molecule has 0 amide bonds. The summed E-state index contributed by atoms with van der Waals surface area (Å²) in [4.78, 5) is 11.1. The first kappa shape index (κ1) is 16.1. The van der Waals surface area contributed by atoms with Crippen LogP contribution in [0.4, 0.5) is 0 Å². The van der Waals surface area contributed by atoms with E-state index in [4.69, 9.17) is 21.4 Å². The van der Waals surface area contributed by atoms with E-state index < -0.39 is 5.97 Å². The fourth-order valence-electron chi connectivity index (χ4n) is 2.19. The smallest absolute Gasteiger partial charge is 0.330 e. The quantitative estimate of drug-likeness (QED) is 0.825. The Kier molecular flexibility index (Phi) is 5.23. The van der Waals surface area contributed by atoms with Gasteiger partial charge in [0.25, 0.3) is 0 Å². The molecule has 0 radical (unpaired) electrons. The molecule has 2 rings (SSSR count). The van der Waals surface area contributed by atoms with Gasteiger partial charge in [0.2, 0.25) is 0 Å². The van der Waals surface area contributed by atoms with Crippen molar-refractivity contribution in [2.24, 2.45) is 0 Å². The van der Waals surface area contributed by atoms with Crippen LogP contribution in [0.1, 0.15) is 24.0 Å². The fourth-order valence-corrected chi connectivity index (χ4v) is 2.31. The van der Waals surface area contributed by atoms with Crippen molar-refractivity contribution in [3.8, 4) is 5.75 Å². The molecule has 2 aromatic rings. The molecule has 4 heteroatoms. The maximum absolute atomic E-state index is 11.1. The van der Waals surface area contributed by atoms with E-state index >= 15 is 0 Å². The van der Waals surface area contributed by atoms with Crippen molar-refractivity contribution in [2.75, 3.05) is 7.11 Å². The molecule has 0 saturated heterocycles. The van der Waals surface area contributed by atoms with Crippen LogP contribution < -0.4 is 4.74 Å². The molecule has 0 fully saturated rings. The van der Waals surface area contributed by atoms with Gasteiger partial charge in [0.1, 0.15) is 5.75 Å². The van der Waals surface area contributed by atoms with Gasteiger partial charge in [-0.1, -0.05) is 41.9 Å². The van der Waals surface area contributed by atoms with E-state index in [0.29, 0.717) is 10.6 Å². The number of hydrogen-bond acceptors (Lipinski definition) is 2. The predicted octanol–water partition coefficient (Wildman–Crippen LogP) is 4.51. The standard InChI is InChI=1S/C18H17ClO3/c1-12(18(20)21)11-17(13-3-7-15(19)8-4-13)14-5-9-16(22-2)10-6-14/h3-11,17H,1-2H3,(H,20,21). The minimum Gasteiger partial charge on any atom is -0.497 e. The number of carbonyl (C=O) groups is 1.